The predicted octanol–water partition coefficient (Wildman–Crippen LogP) is 3.38. The monoisotopic (exact) mass is 295 g/mol. The number of rotatable bonds is 6. The molecule has 0 fully saturated rings. The van der Waals surface area contributed by atoms with Gasteiger partial charge in [0.05, 0.1) is 11.4 Å². The van der Waals surface area contributed by atoms with E-state index in [4.69, 9.17) is 0 Å². The average molecular weight is 295 g/mol. The second-order valence-electron chi connectivity index (χ2n) is 5.23. The summed E-state index contributed by atoms with van der Waals surface area (Å²) in [5, 5.41) is 0. The van der Waals surface area contributed by atoms with Crippen LogP contribution >= 0.6 is 0 Å². The molecule has 4 heteroatoms. The number of nitrogens with zero attached hydrogens (tertiary/aromatic N) is 3. The SMILES string of the molecule is C=CC(=O)N(CCC)Cc1ccnc(-c2cc(C)ccn2)c1. The van der Waals surface area contributed by atoms with E-state index in [1.54, 1.807) is 17.3 Å². The molecular weight excluding hydrogens is 274 g/mol. The molecule has 0 aliphatic rings. The van der Waals surface area contributed by atoms with Gasteiger partial charge in [-0.2, -0.15) is 0 Å². The van der Waals surface area contributed by atoms with Gasteiger partial charge >= 0.3 is 0 Å². The van der Waals surface area contributed by atoms with Crippen LogP contribution in [-0.2, 0) is 11.3 Å². The van der Waals surface area contributed by atoms with E-state index in [1.165, 1.54) is 6.08 Å². The van der Waals surface area contributed by atoms with Gasteiger partial charge in [0, 0.05) is 25.5 Å². The Kier molecular flexibility index (Phi) is 5.42. The molecule has 114 valence electrons. The van der Waals surface area contributed by atoms with Gasteiger partial charge in [-0.15, -0.1) is 0 Å². The van der Waals surface area contributed by atoms with Crippen molar-refractivity contribution in [3.05, 3.63) is 60.4 Å². The fourth-order valence-electron chi connectivity index (χ4n) is 2.28. The summed E-state index contributed by atoms with van der Waals surface area (Å²) in [6, 6.07) is 7.88. The van der Waals surface area contributed by atoms with E-state index in [2.05, 4.69) is 23.5 Å². The topological polar surface area (TPSA) is 46.1 Å². The number of pyridine rings is 2. The number of hydrogen-bond acceptors (Lipinski definition) is 3. The van der Waals surface area contributed by atoms with Gasteiger partial charge in [0.25, 0.3) is 0 Å². The normalized spacial score (nSPS) is 10.3. The molecule has 0 saturated carbocycles. The highest BCUT2D eigenvalue weighted by atomic mass is 16.2. The first-order valence-corrected chi connectivity index (χ1v) is 7.43. The summed E-state index contributed by atoms with van der Waals surface area (Å²) in [7, 11) is 0. The zero-order valence-corrected chi connectivity index (χ0v) is 13.1. The van der Waals surface area contributed by atoms with Crippen LogP contribution in [0.3, 0.4) is 0 Å². The second kappa shape index (κ2) is 7.50. The molecule has 0 aromatic carbocycles. The van der Waals surface area contributed by atoms with Crippen LogP contribution in [0.5, 0.6) is 0 Å². The van der Waals surface area contributed by atoms with Crippen molar-refractivity contribution in [2.24, 2.45) is 0 Å². The number of hydrogen-bond donors (Lipinski definition) is 0. The van der Waals surface area contributed by atoms with Gasteiger partial charge in [-0.05, 0) is 54.8 Å². The standard InChI is InChI=1S/C18H21N3O/c1-4-10-21(18(22)5-2)13-15-7-9-20-17(12-15)16-11-14(3)6-8-19-16/h5-9,11-12H,2,4,10,13H2,1,3H3. The third-order valence-corrected chi connectivity index (χ3v) is 3.36. The van der Waals surface area contributed by atoms with E-state index in [9.17, 15) is 4.79 Å². The molecule has 2 aromatic heterocycles. The van der Waals surface area contributed by atoms with E-state index >= 15 is 0 Å². The maximum atomic E-state index is 11.9. The van der Waals surface area contributed by atoms with Gasteiger partial charge < -0.3 is 4.90 Å². The molecule has 0 saturated heterocycles. The largest absolute Gasteiger partial charge is 0.335 e. The van der Waals surface area contributed by atoms with E-state index in [0.717, 1.165) is 28.9 Å². The highest BCUT2D eigenvalue weighted by Crippen LogP contribution is 2.17. The van der Waals surface area contributed by atoms with Crippen LogP contribution in [0.1, 0.15) is 24.5 Å². The van der Waals surface area contributed by atoms with E-state index in [-0.39, 0.29) is 5.91 Å². The lowest BCUT2D eigenvalue weighted by Gasteiger charge is -2.20. The van der Waals surface area contributed by atoms with Gasteiger partial charge in [-0.1, -0.05) is 13.5 Å². The highest BCUT2D eigenvalue weighted by molar-refractivity contribution is 5.86. The van der Waals surface area contributed by atoms with Gasteiger partial charge in [0.2, 0.25) is 5.91 Å². The molecule has 22 heavy (non-hydrogen) atoms. The second-order valence-corrected chi connectivity index (χ2v) is 5.23. The van der Waals surface area contributed by atoms with Crippen LogP contribution in [0, 0.1) is 6.92 Å². The molecule has 1 amide bonds. The summed E-state index contributed by atoms with van der Waals surface area (Å²) in [4.78, 5) is 22.4. The number of aromatic nitrogens is 2. The third-order valence-electron chi connectivity index (χ3n) is 3.36. The average Bonchev–Trinajstić information content (AvgIpc) is 2.54. The molecule has 0 unspecified atom stereocenters. The molecule has 0 aliphatic heterocycles. The maximum absolute atomic E-state index is 11.9. The minimum Gasteiger partial charge on any atom is -0.335 e. The van der Waals surface area contributed by atoms with Crippen molar-refractivity contribution in [3.8, 4) is 11.4 Å². The van der Waals surface area contributed by atoms with Crippen LogP contribution in [-0.4, -0.2) is 27.3 Å². The molecular formula is C18H21N3O. The third kappa shape index (κ3) is 4.01. The lowest BCUT2D eigenvalue weighted by atomic mass is 10.1. The first-order chi connectivity index (χ1) is 10.6. The summed E-state index contributed by atoms with van der Waals surface area (Å²) < 4.78 is 0. The van der Waals surface area contributed by atoms with Gasteiger partial charge in [0.15, 0.2) is 0 Å². The molecule has 0 N–H and O–H groups in total. The lowest BCUT2D eigenvalue weighted by Crippen LogP contribution is -2.29. The smallest absolute Gasteiger partial charge is 0.246 e. The summed E-state index contributed by atoms with van der Waals surface area (Å²) in [6.07, 6.45) is 5.82. The van der Waals surface area contributed by atoms with Crippen LogP contribution in [0.15, 0.2) is 49.3 Å². The van der Waals surface area contributed by atoms with Crippen LogP contribution < -0.4 is 0 Å². The van der Waals surface area contributed by atoms with Crippen molar-refractivity contribution >= 4 is 5.91 Å². The maximum Gasteiger partial charge on any atom is 0.246 e. The van der Waals surface area contributed by atoms with Gasteiger partial charge in [-0.25, -0.2) is 0 Å². The van der Waals surface area contributed by atoms with Crippen LogP contribution in [0.2, 0.25) is 0 Å². The van der Waals surface area contributed by atoms with Crippen molar-refractivity contribution < 1.29 is 4.79 Å². The van der Waals surface area contributed by atoms with E-state index in [1.807, 2.05) is 31.2 Å². The Balaban J connectivity index is 2.24. The molecule has 0 atom stereocenters. The van der Waals surface area contributed by atoms with E-state index < -0.39 is 0 Å². The van der Waals surface area contributed by atoms with Crippen molar-refractivity contribution in [2.45, 2.75) is 26.8 Å². The van der Waals surface area contributed by atoms with Gasteiger partial charge in [-0.3, -0.25) is 14.8 Å². The molecule has 0 spiro atoms. The zero-order chi connectivity index (χ0) is 15.9. The first-order valence-electron chi connectivity index (χ1n) is 7.43. The number of carbonyl (C=O) groups excluding carboxylic acids is 1. The van der Waals surface area contributed by atoms with Crippen molar-refractivity contribution in [1.29, 1.82) is 0 Å². The Morgan fingerprint density at radius 1 is 1.23 bits per heavy atom. The Morgan fingerprint density at radius 3 is 2.55 bits per heavy atom. The summed E-state index contributed by atoms with van der Waals surface area (Å²) >= 11 is 0. The quantitative estimate of drug-likeness (QED) is 0.768. The molecule has 0 bridgehead atoms. The Morgan fingerprint density at radius 2 is 1.91 bits per heavy atom. The number of amides is 1. The summed E-state index contributed by atoms with van der Waals surface area (Å²) in [5.74, 6) is -0.0473. The lowest BCUT2D eigenvalue weighted by molar-refractivity contribution is -0.126. The number of carbonyl (C=O) groups is 1. The van der Waals surface area contributed by atoms with Crippen molar-refractivity contribution in [1.82, 2.24) is 14.9 Å². The van der Waals surface area contributed by atoms with Gasteiger partial charge in [0.1, 0.15) is 0 Å². The van der Waals surface area contributed by atoms with Crippen LogP contribution in [0.25, 0.3) is 11.4 Å². The molecule has 0 radical (unpaired) electrons. The fourth-order valence-corrected chi connectivity index (χ4v) is 2.28. The molecule has 2 aromatic rings. The Labute approximate surface area is 131 Å². The Bertz CT molecular complexity index is 667. The fraction of sp³-hybridized carbons (Fsp3) is 0.278. The highest BCUT2D eigenvalue weighted by Gasteiger charge is 2.11. The number of aryl methyl sites for hydroxylation is 1. The molecule has 4 nitrogen and oxygen atoms in total. The van der Waals surface area contributed by atoms with Crippen LogP contribution in [0.4, 0.5) is 0 Å². The van der Waals surface area contributed by atoms with Crippen molar-refractivity contribution in [2.75, 3.05) is 6.54 Å². The Hall–Kier alpha value is -2.49. The predicted molar refractivity (Wildman–Crippen MR) is 88.1 cm³/mol. The summed E-state index contributed by atoms with van der Waals surface area (Å²) in [6.45, 7) is 8.92. The van der Waals surface area contributed by atoms with E-state index in [0.29, 0.717) is 13.1 Å². The molecule has 2 rings (SSSR count). The minimum atomic E-state index is -0.0473. The minimum absolute atomic E-state index is 0.0473. The molecule has 2 heterocycles. The van der Waals surface area contributed by atoms with Crippen molar-refractivity contribution in [3.63, 3.8) is 0 Å². The first kappa shape index (κ1) is 15.9. The zero-order valence-electron chi connectivity index (χ0n) is 13.1. The molecule has 0 aliphatic carbocycles. The summed E-state index contributed by atoms with van der Waals surface area (Å²) in [5.41, 5.74) is 3.85.